The molecule has 1 unspecified atom stereocenters. The van der Waals surface area contributed by atoms with Crippen LogP contribution in [0.3, 0.4) is 0 Å². The zero-order valence-corrected chi connectivity index (χ0v) is 13.7. The molecule has 2 nitrogen and oxygen atoms in total. The summed E-state index contributed by atoms with van der Waals surface area (Å²) in [5.41, 5.74) is 6.29. The van der Waals surface area contributed by atoms with Crippen LogP contribution in [0.1, 0.15) is 57.1 Å². The van der Waals surface area contributed by atoms with E-state index in [2.05, 4.69) is 57.2 Å². The first kappa shape index (κ1) is 16.2. The second-order valence-corrected chi connectivity index (χ2v) is 5.55. The molecule has 1 aliphatic rings. The number of nitrogens with one attached hydrogen (secondary N) is 2. The first-order valence-electron chi connectivity index (χ1n) is 8.05. The Labute approximate surface area is 132 Å². The molecule has 1 aliphatic carbocycles. The Bertz CT molecular complexity index is 729. The van der Waals surface area contributed by atoms with Gasteiger partial charge in [0.25, 0.3) is 0 Å². The van der Waals surface area contributed by atoms with Crippen LogP contribution in [0.4, 0.5) is 0 Å². The maximum atomic E-state index is 5.62. The Morgan fingerprint density at radius 1 is 0.955 bits per heavy atom. The Hall–Kier alpha value is -2.18. The highest BCUT2D eigenvalue weighted by Gasteiger charge is 2.25. The fourth-order valence-corrected chi connectivity index (χ4v) is 3.83. The molecule has 0 bridgehead atoms. The molecule has 0 aromatic heterocycles. The predicted molar refractivity (Wildman–Crippen MR) is 94.9 cm³/mol. The van der Waals surface area contributed by atoms with Gasteiger partial charge >= 0.3 is 0 Å². The van der Waals surface area contributed by atoms with E-state index in [1.807, 2.05) is 0 Å². The molecule has 2 aromatic rings. The summed E-state index contributed by atoms with van der Waals surface area (Å²) in [7, 11) is 0. The molecule has 1 atom stereocenters. The van der Waals surface area contributed by atoms with Crippen molar-refractivity contribution in [3.05, 3.63) is 53.1 Å². The topological polar surface area (TPSA) is 47.7 Å². The molecule has 0 saturated carbocycles. The second kappa shape index (κ2) is 7.20. The first-order chi connectivity index (χ1) is 10.7. The average Bonchev–Trinajstić information content (AvgIpc) is 2.55. The van der Waals surface area contributed by atoms with E-state index < -0.39 is 0 Å². The fourth-order valence-electron chi connectivity index (χ4n) is 3.83. The molecular weight excluding hydrogens is 268 g/mol. The van der Waals surface area contributed by atoms with Gasteiger partial charge in [-0.15, -0.1) is 0 Å². The number of allylic oxidation sites excluding steroid dienone is 2. The minimum absolute atomic E-state index is 0.624. The van der Waals surface area contributed by atoms with E-state index in [-0.39, 0.29) is 0 Å². The van der Waals surface area contributed by atoms with Gasteiger partial charge in [0.2, 0.25) is 0 Å². The van der Waals surface area contributed by atoms with Crippen molar-refractivity contribution in [1.82, 2.24) is 0 Å². The lowest BCUT2D eigenvalue weighted by Gasteiger charge is -2.30. The molecule has 0 radical (unpaired) electrons. The van der Waals surface area contributed by atoms with E-state index >= 15 is 0 Å². The van der Waals surface area contributed by atoms with E-state index in [4.69, 9.17) is 10.8 Å². The monoisotopic (exact) mass is 292 g/mol. The minimum atomic E-state index is 0.624. The summed E-state index contributed by atoms with van der Waals surface area (Å²) in [6.45, 7) is 6.92. The molecule has 0 saturated heterocycles. The average molecular weight is 292 g/mol. The van der Waals surface area contributed by atoms with Gasteiger partial charge in [-0.3, -0.25) is 0 Å². The van der Waals surface area contributed by atoms with Crippen molar-refractivity contribution >= 4 is 22.4 Å². The lowest BCUT2D eigenvalue weighted by molar-refractivity contribution is 0.730. The molecule has 114 valence electrons. The van der Waals surface area contributed by atoms with Gasteiger partial charge in [-0.25, -0.2) is 10.8 Å². The molecule has 0 amide bonds. The molecule has 0 heterocycles. The van der Waals surface area contributed by atoms with Gasteiger partial charge in [0.05, 0.1) is 6.01 Å². The fraction of sp³-hybridized carbons (Fsp3) is 0.350. The highest BCUT2D eigenvalue weighted by atomic mass is 14.4. The van der Waals surface area contributed by atoms with Crippen LogP contribution >= 0.6 is 0 Å². The van der Waals surface area contributed by atoms with E-state index in [1.165, 1.54) is 35.2 Å². The molecule has 2 N–H and O–H groups in total. The zero-order valence-electron chi connectivity index (χ0n) is 13.7. The van der Waals surface area contributed by atoms with Crippen molar-refractivity contribution in [3.63, 3.8) is 0 Å². The summed E-state index contributed by atoms with van der Waals surface area (Å²) in [6.07, 6.45) is 3.53. The van der Waals surface area contributed by atoms with Crippen molar-refractivity contribution in [1.29, 1.82) is 10.8 Å². The smallest absolute Gasteiger partial charge is 0.0831 e. The van der Waals surface area contributed by atoms with Gasteiger partial charge in [0.15, 0.2) is 0 Å². The number of rotatable bonds is 3. The molecular formula is C20H24N2. The van der Waals surface area contributed by atoms with Crippen LogP contribution in [0, 0.1) is 10.8 Å². The van der Waals surface area contributed by atoms with Gasteiger partial charge in [-0.05, 0) is 46.7 Å². The van der Waals surface area contributed by atoms with Crippen molar-refractivity contribution in [2.45, 2.75) is 46.0 Å². The number of hydrogen-bond donors (Lipinski definition) is 2. The van der Waals surface area contributed by atoms with Crippen LogP contribution < -0.4 is 0 Å². The maximum Gasteiger partial charge on any atom is 0.0831 e. The van der Waals surface area contributed by atoms with E-state index in [0.29, 0.717) is 5.92 Å². The summed E-state index contributed by atoms with van der Waals surface area (Å²) in [5.74, 6) is 0.624. The van der Waals surface area contributed by atoms with Crippen LogP contribution in [-0.4, -0.2) is 6.01 Å². The molecule has 0 spiro atoms. The van der Waals surface area contributed by atoms with E-state index in [0.717, 1.165) is 6.42 Å². The predicted octanol–water partition coefficient (Wildman–Crippen LogP) is 6.24. The summed E-state index contributed by atoms with van der Waals surface area (Å²) in [4.78, 5) is 0. The molecule has 22 heavy (non-hydrogen) atoms. The summed E-state index contributed by atoms with van der Waals surface area (Å²) in [5, 5.41) is 14.2. The first-order valence-corrected chi connectivity index (χ1v) is 8.05. The Kier molecular flexibility index (Phi) is 5.30. The third kappa shape index (κ3) is 2.63. The van der Waals surface area contributed by atoms with Crippen LogP contribution in [0.25, 0.3) is 16.3 Å². The van der Waals surface area contributed by atoms with Crippen molar-refractivity contribution in [3.8, 4) is 0 Å². The van der Waals surface area contributed by atoms with Gasteiger partial charge in [0.1, 0.15) is 0 Å². The van der Waals surface area contributed by atoms with E-state index in [1.54, 1.807) is 16.7 Å². The van der Waals surface area contributed by atoms with E-state index in [9.17, 15) is 0 Å². The van der Waals surface area contributed by atoms with Crippen LogP contribution in [-0.2, 0) is 0 Å². The Morgan fingerprint density at radius 3 is 2.14 bits per heavy atom. The van der Waals surface area contributed by atoms with Gasteiger partial charge in [-0.2, -0.15) is 0 Å². The third-order valence-corrected chi connectivity index (χ3v) is 4.59. The van der Waals surface area contributed by atoms with Crippen LogP contribution in [0.2, 0.25) is 0 Å². The van der Waals surface area contributed by atoms with Gasteiger partial charge < -0.3 is 0 Å². The SMILES string of the molecule is CCC1=C(CC)C(CC)c2cccc3cccc1c23.N=C=N. The second-order valence-electron chi connectivity index (χ2n) is 5.55. The molecule has 3 rings (SSSR count). The van der Waals surface area contributed by atoms with Crippen molar-refractivity contribution in [2.24, 2.45) is 0 Å². The highest BCUT2D eigenvalue weighted by molar-refractivity contribution is 5.99. The Balaban J connectivity index is 0.000000545. The largest absolute Gasteiger partial charge is 0.242 e. The quantitative estimate of drug-likeness (QED) is 0.629. The lowest BCUT2D eigenvalue weighted by Crippen LogP contribution is -2.10. The normalized spacial score (nSPS) is 16.0. The van der Waals surface area contributed by atoms with Crippen molar-refractivity contribution in [2.75, 3.05) is 0 Å². The van der Waals surface area contributed by atoms with Crippen LogP contribution in [0.15, 0.2) is 42.0 Å². The molecule has 0 aliphatic heterocycles. The number of hydrogen-bond acceptors (Lipinski definition) is 2. The maximum absolute atomic E-state index is 5.62. The highest BCUT2D eigenvalue weighted by Crippen LogP contribution is 2.46. The molecule has 2 heteroatoms. The summed E-state index contributed by atoms with van der Waals surface area (Å²) >= 11 is 0. The van der Waals surface area contributed by atoms with Gasteiger partial charge in [-0.1, -0.05) is 62.7 Å². The van der Waals surface area contributed by atoms with Crippen LogP contribution in [0.5, 0.6) is 0 Å². The standard InChI is InChI=1S/C19H22.CH2N2/c1-4-14-15(5-2)17-11-7-9-13-10-8-12-18(19(13)17)16(14)6-3;2-1-3/h7-12,15H,4-6H2,1-3H3;2-3H. The molecule has 0 fully saturated rings. The van der Waals surface area contributed by atoms with Gasteiger partial charge in [0, 0.05) is 5.92 Å². The summed E-state index contributed by atoms with van der Waals surface area (Å²) < 4.78 is 0. The minimum Gasteiger partial charge on any atom is -0.242 e. The zero-order chi connectivity index (χ0) is 16.1. The summed E-state index contributed by atoms with van der Waals surface area (Å²) in [6, 6.07) is 14.8. The van der Waals surface area contributed by atoms with Crippen molar-refractivity contribution < 1.29 is 0 Å². The lowest BCUT2D eigenvalue weighted by atomic mass is 9.74. The third-order valence-electron chi connectivity index (χ3n) is 4.59. The Morgan fingerprint density at radius 2 is 1.59 bits per heavy atom. The molecule has 2 aromatic carbocycles. The number of benzene rings is 2.